The highest BCUT2D eigenvalue weighted by atomic mass is 35.5. The SMILES string of the molecule is Nc1ccc(Cl)n2cc(-c3ccc4c(c3)OCO4)nc12. The largest absolute Gasteiger partial charge is 0.454 e. The van der Waals surface area contributed by atoms with Gasteiger partial charge in [-0.15, -0.1) is 0 Å². The van der Waals surface area contributed by atoms with Crippen molar-refractivity contribution in [2.75, 3.05) is 12.5 Å². The number of benzene rings is 1. The van der Waals surface area contributed by atoms with Gasteiger partial charge < -0.3 is 15.2 Å². The highest BCUT2D eigenvalue weighted by molar-refractivity contribution is 6.29. The first kappa shape index (κ1) is 11.4. The summed E-state index contributed by atoms with van der Waals surface area (Å²) in [5, 5.41) is 0.564. The van der Waals surface area contributed by atoms with E-state index in [4.69, 9.17) is 26.8 Å². The van der Waals surface area contributed by atoms with Gasteiger partial charge in [0.15, 0.2) is 17.1 Å². The predicted octanol–water partition coefficient (Wildman–Crippen LogP) is 2.97. The maximum absolute atomic E-state index is 6.15. The quantitative estimate of drug-likeness (QED) is 0.699. The third kappa shape index (κ3) is 1.60. The van der Waals surface area contributed by atoms with E-state index >= 15 is 0 Å². The van der Waals surface area contributed by atoms with Crippen LogP contribution in [0.1, 0.15) is 0 Å². The zero-order chi connectivity index (χ0) is 13.7. The number of rotatable bonds is 1. The number of hydrogen-bond donors (Lipinski definition) is 1. The Morgan fingerprint density at radius 2 is 2.00 bits per heavy atom. The van der Waals surface area contributed by atoms with Gasteiger partial charge in [0.05, 0.1) is 11.4 Å². The van der Waals surface area contributed by atoms with Gasteiger partial charge in [-0.1, -0.05) is 11.6 Å². The van der Waals surface area contributed by atoms with Gasteiger partial charge in [-0.05, 0) is 30.3 Å². The summed E-state index contributed by atoms with van der Waals surface area (Å²) >= 11 is 6.15. The van der Waals surface area contributed by atoms with Gasteiger partial charge >= 0.3 is 0 Å². The zero-order valence-corrected chi connectivity index (χ0v) is 11.1. The van der Waals surface area contributed by atoms with Crippen molar-refractivity contribution in [2.45, 2.75) is 0 Å². The number of nitrogens with zero attached hydrogens (tertiary/aromatic N) is 2. The fraction of sp³-hybridized carbons (Fsp3) is 0.0714. The molecule has 0 saturated carbocycles. The van der Waals surface area contributed by atoms with Crippen LogP contribution in [0.5, 0.6) is 11.5 Å². The summed E-state index contributed by atoms with van der Waals surface area (Å²) < 4.78 is 12.4. The highest BCUT2D eigenvalue weighted by Crippen LogP contribution is 2.36. The molecule has 1 aliphatic heterocycles. The monoisotopic (exact) mass is 287 g/mol. The van der Waals surface area contributed by atoms with E-state index in [0.29, 0.717) is 16.5 Å². The van der Waals surface area contributed by atoms with Gasteiger partial charge in [0.25, 0.3) is 0 Å². The van der Waals surface area contributed by atoms with Gasteiger partial charge in [0.1, 0.15) is 5.15 Å². The van der Waals surface area contributed by atoms with E-state index in [1.807, 2.05) is 24.4 Å². The van der Waals surface area contributed by atoms with Crippen molar-refractivity contribution in [1.29, 1.82) is 0 Å². The Hall–Kier alpha value is -2.40. The predicted molar refractivity (Wildman–Crippen MR) is 76.2 cm³/mol. The average Bonchev–Trinajstić information content (AvgIpc) is 3.08. The number of halogens is 1. The van der Waals surface area contributed by atoms with E-state index in [0.717, 1.165) is 22.8 Å². The molecule has 2 aromatic heterocycles. The number of fused-ring (bicyclic) bond motifs is 2. The molecule has 0 unspecified atom stereocenters. The smallest absolute Gasteiger partial charge is 0.231 e. The van der Waals surface area contributed by atoms with E-state index in [1.165, 1.54) is 0 Å². The normalized spacial score (nSPS) is 13.1. The van der Waals surface area contributed by atoms with E-state index in [1.54, 1.807) is 16.5 Å². The first-order valence-corrected chi connectivity index (χ1v) is 6.43. The molecule has 100 valence electrons. The second-order valence-corrected chi connectivity index (χ2v) is 4.89. The van der Waals surface area contributed by atoms with Crippen molar-refractivity contribution in [1.82, 2.24) is 9.38 Å². The number of ether oxygens (including phenoxy) is 2. The number of imidazole rings is 1. The summed E-state index contributed by atoms with van der Waals surface area (Å²) in [6.07, 6.45) is 1.85. The van der Waals surface area contributed by atoms with Crippen molar-refractivity contribution >= 4 is 22.9 Å². The molecule has 5 nitrogen and oxygen atoms in total. The number of pyridine rings is 1. The molecule has 0 radical (unpaired) electrons. The first-order chi connectivity index (χ1) is 9.72. The van der Waals surface area contributed by atoms with Gasteiger partial charge in [-0.25, -0.2) is 4.98 Å². The second kappa shape index (κ2) is 4.05. The van der Waals surface area contributed by atoms with E-state index in [9.17, 15) is 0 Å². The van der Waals surface area contributed by atoms with E-state index in [2.05, 4.69) is 4.98 Å². The lowest BCUT2D eigenvalue weighted by atomic mass is 10.1. The molecule has 0 saturated heterocycles. The second-order valence-electron chi connectivity index (χ2n) is 4.50. The molecule has 0 aliphatic carbocycles. The van der Waals surface area contributed by atoms with Crippen molar-refractivity contribution in [2.24, 2.45) is 0 Å². The minimum absolute atomic E-state index is 0.253. The van der Waals surface area contributed by atoms with Crippen LogP contribution in [0.2, 0.25) is 5.15 Å². The first-order valence-electron chi connectivity index (χ1n) is 6.05. The van der Waals surface area contributed by atoms with Crippen LogP contribution in [0.4, 0.5) is 5.69 Å². The molecule has 3 aromatic rings. The molecule has 0 bridgehead atoms. The lowest BCUT2D eigenvalue weighted by Crippen LogP contribution is -1.92. The third-order valence-corrected chi connectivity index (χ3v) is 3.57. The number of nitrogens with two attached hydrogens (primary N) is 1. The Labute approximate surface area is 119 Å². The van der Waals surface area contributed by atoms with E-state index < -0.39 is 0 Å². The molecule has 20 heavy (non-hydrogen) atoms. The van der Waals surface area contributed by atoms with Crippen molar-refractivity contribution < 1.29 is 9.47 Å². The van der Waals surface area contributed by atoms with Crippen molar-refractivity contribution in [3.63, 3.8) is 0 Å². The van der Waals surface area contributed by atoms with Crippen molar-refractivity contribution in [3.8, 4) is 22.8 Å². The topological polar surface area (TPSA) is 61.8 Å². The lowest BCUT2D eigenvalue weighted by molar-refractivity contribution is 0.174. The summed E-state index contributed by atoms with van der Waals surface area (Å²) in [5.41, 5.74) is 8.85. The fourth-order valence-corrected chi connectivity index (χ4v) is 2.45. The maximum Gasteiger partial charge on any atom is 0.231 e. The Balaban J connectivity index is 1.90. The van der Waals surface area contributed by atoms with Crippen LogP contribution in [0.15, 0.2) is 36.5 Å². The standard InChI is InChI=1S/C14H10ClN3O2/c15-13-4-2-9(16)14-17-10(6-18(13)14)8-1-3-11-12(5-8)20-7-19-11/h1-6H,7,16H2. The summed E-state index contributed by atoms with van der Waals surface area (Å²) in [6, 6.07) is 9.18. The molecule has 3 heterocycles. The Morgan fingerprint density at radius 3 is 2.85 bits per heavy atom. The van der Waals surface area contributed by atoms with Crippen LogP contribution < -0.4 is 15.2 Å². The van der Waals surface area contributed by atoms with Gasteiger partial charge in [-0.3, -0.25) is 4.40 Å². The van der Waals surface area contributed by atoms with Gasteiger partial charge in [-0.2, -0.15) is 0 Å². The Bertz CT molecular complexity index is 790. The Morgan fingerprint density at radius 1 is 1.15 bits per heavy atom. The number of aromatic nitrogens is 2. The molecule has 4 rings (SSSR count). The molecule has 0 spiro atoms. The molecular weight excluding hydrogens is 278 g/mol. The molecular formula is C14H10ClN3O2. The fourth-order valence-electron chi connectivity index (χ4n) is 2.26. The van der Waals surface area contributed by atoms with Crippen LogP contribution in [-0.4, -0.2) is 16.2 Å². The highest BCUT2D eigenvalue weighted by Gasteiger charge is 2.16. The zero-order valence-electron chi connectivity index (χ0n) is 10.3. The van der Waals surface area contributed by atoms with Crippen LogP contribution in [0.3, 0.4) is 0 Å². The van der Waals surface area contributed by atoms with Crippen molar-refractivity contribution in [3.05, 3.63) is 41.7 Å². The molecule has 1 aromatic carbocycles. The van der Waals surface area contributed by atoms with Crippen LogP contribution in [0, 0.1) is 0 Å². The minimum atomic E-state index is 0.253. The van der Waals surface area contributed by atoms with Crippen LogP contribution in [0.25, 0.3) is 16.9 Å². The number of nitrogen functional groups attached to an aromatic ring is 1. The summed E-state index contributed by atoms with van der Waals surface area (Å²) in [6.45, 7) is 0.253. The Kier molecular flexibility index (Phi) is 2.31. The molecule has 1 aliphatic rings. The average molecular weight is 288 g/mol. The van der Waals surface area contributed by atoms with Crippen LogP contribution in [-0.2, 0) is 0 Å². The maximum atomic E-state index is 6.15. The molecule has 6 heteroatoms. The molecule has 0 atom stereocenters. The molecule has 2 N–H and O–H groups in total. The lowest BCUT2D eigenvalue weighted by Gasteiger charge is -1.98. The van der Waals surface area contributed by atoms with Gasteiger partial charge in [0.2, 0.25) is 6.79 Å². The summed E-state index contributed by atoms with van der Waals surface area (Å²) in [4.78, 5) is 4.53. The summed E-state index contributed by atoms with van der Waals surface area (Å²) in [7, 11) is 0. The number of hydrogen-bond acceptors (Lipinski definition) is 4. The number of anilines is 1. The van der Waals surface area contributed by atoms with E-state index in [-0.39, 0.29) is 6.79 Å². The molecule has 0 amide bonds. The molecule has 0 fully saturated rings. The van der Waals surface area contributed by atoms with Gasteiger partial charge in [0, 0.05) is 11.8 Å². The summed E-state index contributed by atoms with van der Waals surface area (Å²) in [5.74, 6) is 1.47. The third-order valence-electron chi connectivity index (χ3n) is 3.26. The minimum Gasteiger partial charge on any atom is -0.454 e. The van der Waals surface area contributed by atoms with Crippen LogP contribution >= 0.6 is 11.6 Å².